The molecule has 0 radical (unpaired) electrons. The summed E-state index contributed by atoms with van der Waals surface area (Å²) in [6, 6.07) is 4.63. The third-order valence-electron chi connectivity index (χ3n) is 3.65. The van der Waals surface area contributed by atoms with Crippen LogP contribution < -0.4 is 0 Å². The van der Waals surface area contributed by atoms with Crippen LogP contribution in [0.1, 0.15) is 41.5 Å². The highest BCUT2D eigenvalue weighted by Crippen LogP contribution is 2.36. The van der Waals surface area contributed by atoms with Crippen molar-refractivity contribution in [2.75, 3.05) is 13.7 Å². The highest BCUT2D eigenvalue weighted by Gasteiger charge is 2.21. The molecule has 0 spiro atoms. The van der Waals surface area contributed by atoms with Crippen LogP contribution in [-0.2, 0) is 17.6 Å². The smallest absolute Gasteiger partial charge is 0.0646 e. The molecule has 0 aromatic heterocycles. The molecule has 2 rings (SSSR count). The fourth-order valence-electron chi connectivity index (χ4n) is 2.86. The third-order valence-corrected chi connectivity index (χ3v) is 3.65. The van der Waals surface area contributed by atoms with Crippen molar-refractivity contribution in [3.05, 3.63) is 53.1 Å². The van der Waals surface area contributed by atoms with Crippen molar-refractivity contribution in [2.45, 2.75) is 32.1 Å². The van der Waals surface area contributed by atoms with Gasteiger partial charge in [-0.05, 0) is 47.4 Å². The largest absolute Gasteiger partial charge is 0.381 e. The van der Waals surface area contributed by atoms with E-state index in [2.05, 4.69) is 37.8 Å². The van der Waals surface area contributed by atoms with Crippen LogP contribution in [0, 0.1) is 0 Å². The van der Waals surface area contributed by atoms with Crippen LogP contribution in [-0.4, -0.2) is 13.7 Å². The van der Waals surface area contributed by atoms with Crippen LogP contribution in [0.3, 0.4) is 0 Å². The number of benzene rings is 1. The summed E-state index contributed by atoms with van der Waals surface area (Å²) in [4.78, 5) is 0. The molecule has 0 N–H and O–H groups in total. The van der Waals surface area contributed by atoms with Gasteiger partial charge in [-0.25, -0.2) is 0 Å². The topological polar surface area (TPSA) is 9.23 Å². The third kappa shape index (κ3) is 2.73. The Kier molecular flexibility index (Phi) is 4.38. The number of hydrogen-bond donors (Lipinski definition) is 0. The molecule has 0 aliphatic heterocycles. The Balaban J connectivity index is 2.34. The first-order valence-electron chi connectivity index (χ1n) is 6.68. The quantitative estimate of drug-likeness (QED) is 0.706. The molecule has 1 nitrogen and oxygen atoms in total. The predicted molar refractivity (Wildman–Crippen MR) is 78.0 cm³/mol. The van der Waals surface area contributed by atoms with E-state index in [1.54, 1.807) is 12.7 Å². The normalized spacial score (nSPS) is 18.2. The molecule has 1 heteroatoms. The maximum absolute atomic E-state index is 5.05. The molecule has 0 saturated heterocycles. The number of ether oxygens (including phenoxy) is 1. The van der Waals surface area contributed by atoms with Crippen molar-refractivity contribution >= 4 is 6.08 Å². The van der Waals surface area contributed by atoms with Gasteiger partial charge in [-0.1, -0.05) is 37.3 Å². The van der Waals surface area contributed by atoms with Gasteiger partial charge in [-0.2, -0.15) is 0 Å². The summed E-state index contributed by atoms with van der Waals surface area (Å²) >= 11 is 0. The van der Waals surface area contributed by atoms with Crippen LogP contribution in [0.2, 0.25) is 0 Å². The molecule has 1 atom stereocenters. The minimum atomic E-state index is 0.671. The Morgan fingerprint density at radius 3 is 3.00 bits per heavy atom. The van der Waals surface area contributed by atoms with E-state index in [1.165, 1.54) is 29.5 Å². The minimum Gasteiger partial charge on any atom is -0.381 e. The molecule has 0 unspecified atom stereocenters. The van der Waals surface area contributed by atoms with Gasteiger partial charge in [-0.3, -0.25) is 0 Å². The zero-order valence-electron chi connectivity index (χ0n) is 11.4. The molecule has 1 aromatic carbocycles. The highest BCUT2D eigenvalue weighted by atomic mass is 16.5. The fourth-order valence-corrected chi connectivity index (χ4v) is 2.86. The molecule has 18 heavy (non-hydrogen) atoms. The Morgan fingerprint density at radius 1 is 1.44 bits per heavy atom. The summed E-state index contributed by atoms with van der Waals surface area (Å²) < 4.78 is 5.05. The number of fused-ring (bicyclic) bond motifs is 1. The van der Waals surface area contributed by atoms with Gasteiger partial charge in [0.05, 0.1) is 6.61 Å². The summed E-state index contributed by atoms with van der Waals surface area (Å²) in [5, 5.41) is 0. The van der Waals surface area contributed by atoms with E-state index in [0.29, 0.717) is 12.5 Å². The lowest BCUT2D eigenvalue weighted by atomic mass is 9.93. The fraction of sp³-hybridized carbons (Fsp3) is 0.412. The van der Waals surface area contributed by atoms with Crippen molar-refractivity contribution in [3.63, 3.8) is 0 Å². The lowest BCUT2D eigenvalue weighted by Crippen LogP contribution is -1.96. The van der Waals surface area contributed by atoms with E-state index in [-0.39, 0.29) is 0 Å². The SMILES string of the molecule is C=CCc1cc(/C=C/COC)cc2c1[C@@H](C)CC2. The molecular formula is C17H22O. The van der Waals surface area contributed by atoms with Crippen molar-refractivity contribution in [1.29, 1.82) is 0 Å². The lowest BCUT2D eigenvalue weighted by molar-refractivity contribution is 0.234. The average Bonchev–Trinajstić information content (AvgIpc) is 2.72. The van der Waals surface area contributed by atoms with E-state index in [0.717, 1.165) is 6.42 Å². The Morgan fingerprint density at radius 2 is 2.28 bits per heavy atom. The highest BCUT2D eigenvalue weighted by molar-refractivity contribution is 5.56. The van der Waals surface area contributed by atoms with Gasteiger partial charge in [0.1, 0.15) is 0 Å². The van der Waals surface area contributed by atoms with E-state index in [9.17, 15) is 0 Å². The molecule has 0 heterocycles. The second kappa shape index (κ2) is 6.01. The number of rotatable bonds is 5. The summed E-state index contributed by atoms with van der Waals surface area (Å²) in [7, 11) is 1.72. The number of aryl methyl sites for hydroxylation is 1. The first-order chi connectivity index (χ1) is 8.76. The number of allylic oxidation sites excluding steroid dienone is 1. The zero-order chi connectivity index (χ0) is 13.0. The molecular weight excluding hydrogens is 220 g/mol. The second-order valence-electron chi connectivity index (χ2n) is 5.04. The van der Waals surface area contributed by atoms with Crippen LogP contribution in [0.4, 0.5) is 0 Å². The molecule has 1 aliphatic carbocycles. The maximum atomic E-state index is 5.05. The molecule has 0 bridgehead atoms. The molecule has 1 aliphatic rings. The molecule has 1 aromatic rings. The summed E-state index contributed by atoms with van der Waals surface area (Å²) in [6.07, 6.45) is 9.69. The van der Waals surface area contributed by atoms with Gasteiger partial charge in [-0.15, -0.1) is 6.58 Å². The monoisotopic (exact) mass is 242 g/mol. The van der Waals surface area contributed by atoms with Crippen LogP contribution in [0.25, 0.3) is 6.08 Å². The Labute approximate surface area is 110 Å². The van der Waals surface area contributed by atoms with Gasteiger partial charge in [0.25, 0.3) is 0 Å². The van der Waals surface area contributed by atoms with Gasteiger partial charge >= 0.3 is 0 Å². The zero-order valence-corrected chi connectivity index (χ0v) is 11.4. The van der Waals surface area contributed by atoms with Crippen LogP contribution in [0.5, 0.6) is 0 Å². The average molecular weight is 242 g/mol. The molecule has 96 valence electrons. The summed E-state index contributed by atoms with van der Waals surface area (Å²) in [6.45, 7) is 6.88. The van der Waals surface area contributed by atoms with Gasteiger partial charge in [0.15, 0.2) is 0 Å². The Hall–Kier alpha value is -1.34. The standard InChI is InChI=1S/C17H22O/c1-4-6-15-11-14(7-5-10-18-3)12-16-9-8-13(2)17(15)16/h4-5,7,11-13H,1,6,8-10H2,2-3H3/b7-5+/t13-/m0/s1. The lowest BCUT2D eigenvalue weighted by Gasteiger charge is -2.12. The summed E-state index contributed by atoms with van der Waals surface area (Å²) in [5.41, 5.74) is 5.83. The number of methoxy groups -OCH3 is 1. The van der Waals surface area contributed by atoms with E-state index < -0.39 is 0 Å². The van der Waals surface area contributed by atoms with Crippen molar-refractivity contribution in [2.24, 2.45) is 0 Å². The molecule has 0 saturated carbocycles. The van der Waals surface area contributed by atoms with E-state index in [1.807, 2.05) is 6.08 Å². The first-order valence-corrected chi connectivity index (χ1v) is 6.68. The summed E-state index contributed by atoms with van der Waals surface area (Å²) in [5.74, 6) is 0.701. The second-order valence-corrected chi connectivity index (χ2v) is 5.04. The van der Waals surface area contributed by atoms with Crippen LogP contribution in [0.15, 0.2) is 30.9 Å². The predicted octanol–water partition coefficient (Wildman–Crippen LogP) is 4.12. The van der Waals surface area contributed by atoms with Crippen LogP contribution >= 0.6 is 0 Å². The Bertz CT molecular complexity index is 457. The number of hydrogen-bond acceptors (Lipinski definition) is 1. The van der Waals surface area contributed by atoms with Crippen molar-refractivity contribution in [1.82, 2.24) is 0 Å². The molecule has 0 amide bonds. The molecule has 0 fully saturated rings. The van der Waals surface area contributed by atoms with Gasteiger partial charge < -0.3 is 4.74 Å². The van der Waals surface area contributed by atoms with Crippen molar-refractivity contribution in [3.8, 4) is 0 Å². The first kappa shape index (κ1) is 13.1. The maximum Gasteiger partial charge on any atom is 0.0646 e. The van der Waals surface area contributed by atoms with Gasteiger partial charge in [0.2, 0.25) is 0 Å². The minimum absolute atomic E-state index is 0.671. The van der Waals surface area contributed by atoms with E-state index >= 15 is 0 Å². The van der Waals surface area contributed by atoms with E-state index in [4.69, 9.17) is 4.74 Å². The van der Waals surface area contributed by atoms with Gasteiger partial charge in [0, 0.05) is 7.11 Å². The van der Waals surface area contributed by atoms with Crippen molar-refractivity contribution < 1.29 is 4.74 Å².